The van der Waals surface area contributed by atoms with Gasteiger partial charge in [0.2, 0.25) is 5.91 Å². The summed E-state index contributed by atoms with van der Waals surface area (Å²) in [6.45, 7) is 2.53. The number of amides is 1. The van der Waals surface area contributed by atoms with Crippen molar-refractivity contribution in [1.29, 1.82) is 0 Å². The fraction of sp³-hybridized carbons (Fsp3) is 0.231. The molecule has 2 rings (SSSR count). The summed E-state index contributed by atoms with van der Waals surface area (Å²) in [6.07, 6.45) is 2.10. The Morgan fingerprint density at radius 1 is 1.39 bits per heavy atom. The van der Waals surface area contributed by atoms with E-state index in [4.69, 9.17) is 5.73 Å². The number of hydrogen-bond donors (Lipinski definition) is 2. The second-order valence-corrected chi connectivity index (χ2v) is 4.08. The van der Waals surface area contributed by atoms with E-state index in [1.807, 2.05) is 25.1 Å². The number of benzene rings is 1. The van der Waals surface area contributed by atoms with E-state index in [0.717, 1.165) is 5.69 Å². The molecule has 0 unspecified atom stereocenters. The van der Waals surface area contributed by atoms with Gasteiger partial charge in [0.05, 0.1) is 11.4 Å². The van der Waals surface area contributed by atoms with Crippen molar-refractivity contribution in [3.05, 3.63) is 42.2 Å². The van der Waals surface area contributed by atoms with Gasteiger partial charge in [0.15, 0.2) is 0 Å². The van der Waals surface area contributed by atoms with Gasteiger partial charge in [-0.15, -0.1) is 0 Å². The number of rotatable bonds is 4. The van der Waals surface area contributed by atoms with Crippen LogP contribution >= 0.6 is 0 Å². The lowest BCUT2D eigenvalue weighted by Gasteiger charge is -2.08. The molecule has 0 aliphatic carbocycles. The van der Waals surface area contributed by atoms with Crippen LogP contribution in [0.1, 0.15) is 12.1 Å². The van der Waals surface area contributed by atoms with Gasteiger partial charge in [-0.25, -0.2) is 0 Å². The molecule has 0 bridgehead atoms. The zero-order valence-electron chi connectivity index (χ0n) is 10.3. The molecule has 0 fully saturated rings. The second-order valence-electron chi connectivity index (χ2n) is 4.08. The first kappa shape index (κ1) is 12.2. The Hall–Kier alpha value is -2.30. The zero-order valence-corrected chi connectivity index (χ0v) is 10.3. The van der Waals surface area contributed by atoms with E-state index in [1.165, 1.54) is 0 Å². The number of nitrogens with zero attached hydrogens (tertiary/aromatic N) is 2. The molecule has 0 aliphatic heterocycles. The van der Waals surface area contributed by atoms with Crippen LogP contribution in [0.4, 0.5) is 11.4 Å². The summed E-state index contributed by atoms with van der Waals surface area (Å²) in [7, 11) is 0. The van der Waals surface area contributed by atoms with Crippen LogP contribution < -0.4 is 11.1 Å². The van der Waals surface area contributed by atoms with Crippen molar-refractivity contribution >= 4 is 17.3 Å². The number of hydrogen-bond acceptors (Lipinski definition) is 3. The van der Waals surface area contributed by atoms with Gasteiger partial charge in [0.1, 0.15) is 0 Å². The number of nitrogens with two attached hydrogens (primary N) is 1. The Morgan fingerprint density at radius 3 is 2.83 bits per heavy atom. The van der Waals surface area contributed by atoms with Gasteiger partial charge >= 0.3 is 0 Å². The fourth-order valence-electron chi connectivity index (χ4n) is 1.66. The number of carbonyl (C=O) groups excluding carboxylic acids is 1. The van der Waals surface area contributed by atoms with E-state index in [2.05, 4.69) is 10.4 Å². The molecule has 5 nitrogen and oxygen atoms in total. The molecule has 0 spiro atoms. The van der Waals surface area contributed by atoms with Crippen molar-refractivity contribution in [3.8, 4) is 0 Å². The van der Waals surface area contributed by atoms with E-state index in [0.29, 0.717) is 24.3 Å². The first-order valence-electron chi connectivity index (χ1n) is 5.79. The lowest BCUT2D eigenvalue weighted by Crippen LogP contribution is -2.16. The molecule has 1 amide bonds. The Morgan fingerprint density at radius 2 is 2.17 bits per heavy atom. The van der Waals surface area contributed by atoms with Gasteiger partial charge in [-0.05, 0) is 25.1 Å². The second kappa shape index (κ2) is 5.35. The molecule has 0 aliphatic rings. The molecule has 0 atom stereocenters. The Balaban J connectivity index is 1.90. The predicted molar refractivity (Wildman–Crippen MR) is 71.1 cm³/mol. The summed E-state index contributed by atoms with van der Waals surface area (Å²) < 4.78 is 1.80. The monoisotopic (exact) mass is 244 g/mol. The minimum atomic E-state index is -0.0669. The van der Waals surface area contributed by atoms with E-state index < -0.39 is 0 Å². The van der Waals surface area contributed by atoms with E-state index in [1.54, 1.807) is 23.0 Å². The third-order valence-electron chi connectivity index (χ3n) is 2.71. The lowest BCUT2D eigenvalue weighted by molar-refractivity contribution is -0.116. The Bertz CT molecular complexity index is 547. The molecule has 0 saturated carbocycles. The summed E-state index contributed by atoms with van der Waals surface area (Å²) in [5, 5.41) is 6.91. The Kier molecular flexibility index (Phi) is 3.62. The van der Waals surface area contributed by atoms with E-state index >= 15 is 0 Å². The third kappa shape index (κ3) is 2.88. The van der Waals surface area contributed by atoms with Crippen LogP contribution in [0.3, 0.4) is 0 Å². The van der Waals surface area contributed by atoms with Gasteiger partial charge in [0, 0.05) is 24.9 Å². The lowest BCUT2D eigenvalue weighted by atomic mass is 10.2. The van der Waals surface area contributed by atoms with Gasteiger partial charge in [-0.3, -0.25) is 9.48 Å². The van der Waals surface area contributed by atoms with Crippen LogP contribution in [0.15, 0.2) is 36.5 Å². The minimum absolute atomic E-state index is 0.0669. The highest BCUT2D eigenvalue weighted by molar-refractivity contribution is 5.93. The first-order valence-corrected chi connectivity index (χ1v) is 5.79. The molecule has 5 heteroatoms. The van der Waals surface area contributed by atoms with Crippen LogP contribution in [0, 0.1) is 6.92 Å². The van der Waals surface area contributed by atoms with Crippen LogP contribution in [-0.4, -0.2) is 15.7 Å². The third-order valence-corrected chi connectivity index (χ3v) is 2.71. The van der Waals surface area contributed by atoms with Crippen LogP contribution in [0.25, 0.3) is 0 Å². The van der Waals surface area contributed by atoms with Crippen molar-refractivity contribution in [1.82, 2.24) is 9.78 Å². The van der Waals surface area contributed by atoms with E-state index in [9.17, 15) is 4.79 Å². The number of nitrogens with one attached hydrogen (secondary N) is 1. The zero-order chi connectivity index (χ0) is 13.0. The SMILES string of the molecule is Cc1ccnn1CCC(=O)Nc1ccccc1N. The molecular formula is C13H16N4O. The fourth-order valence-corrected chi connectivity index (χ4v) is 1.66. The number of nitrogen functional groups attached to an aromatic ring is 1. The van der Waals surface area contributed by atoms with Gasteiger partial charge in [-0.1, -0.05) is 12.1 Å². The standard InChI is InChI=1S/C13H16N4O/c1-10-6-8-15-17(10)9-7-13(18)16-12-5-3-2-4-11(12)14/h2-6,8H,7,9,14H2,1H3,(H,16,18). The molecule has 94 valence electrons. The van der Waals surface area contributed by atoms with Gasteiger partial charge in [-0.2, -0.15) is 5.10 Å². The molecule has 3 N–H and O–H groups in total. The average Bonchev–Trinajstić information content (AvgIpc) is 2.75. The number of aryl methyl sites for hydroxylation is 2. The smallest absolute Gasteiger partial charge is 0.226 e. The highest BCUT2D eigenvalue weighted by Gasteiger charge is 2.06. The van der Waals surface area contributed by atoms with Crippen molar-refractivity contribution in [2.24, 2.45) is 0 Å². The number of carbonyl (C=O) groups is 1. The number of aromatic nitrogens is 2. The van der Waals surface area contributed by atoms with Crippen molar-refractivity contribution < 1.29 is 4.79 Å². The topological polar surface area (TPSA) is 72.9 Å². The summed E-state index contributed by atoms with van der Waals surface area (Å²) in [6, 6.07) is 9.12. The maximum Gasteiger partial charge on any atom is 0.226 e. The van der Waals surface area contributed by atoms with Crippen LogP contribution in [0.2, 0.25) is 0 Å². The van der Waals surface area contributed by atoms with Crippen molar-refractivity contribution in [3.63, 3.8) is 0 Å². The largest absolute Gasteiger partial charge is 0.397 e. The highest BCUT2D eigenvalue weighted by Crippen LogP contribution is 2.16. The van der Waals surface area contributed by atoms with Gasteiger partial charge in [0.25, 0.3) is 0 Å². The summed E-state index contributed by atoms with van der Waals surface area (Å²) in [5.74, 6) is -0.0669. The van der Waals surface area contributed by atoms with E-state index in [-0.39, 0.29) is 5.91 Å². The predicted octanol–water partition coefficient (Wildman–Crippen LogP) is 1.80. The Labute approximate surface area is 106 Å². The molecule has 1 aromatic heterocycles. The maximum atomic E-state index is 11.8. The van der Waals surface area contributed by atoms with Crippen LogP contribution in [0.5, 0.6) is 0 Å². The summed E-state index contributed by atoms with van der Waals surface area (Å²) in [5.41, 5.74) is 8.02. The molecule has 1 aromatic carbocycles. The maximum absolute atomic E-state index is 11.8. The first-order chi connectivity index (χ1) is 8.66. The summed E-state index contributed by atoms with van der Waals surface area (Å²) in [4.78, 5) is 11.8. The number of anilines is 2. The van der Waals surface area contributed by atoms with Gasteiger partial charge < -0.3 is 11.1 Å². The van der Waals surface area contributed by atoms with Crippen LogP contribution in [-0.2, 0) is 11.3 Å². The quantitative estimate of drug-likeness (QED) is 0.805. The molecule has 2 aromatic rings. The molecular weight excluding hydrogens is 228 g/mol. The molecule has 0 saturated heterocycles. The van der Waals surface area contributed by atoms with Crippen molar-refractivity contribution in [2.75, 3.05) is 11.1 Å². The molecule has 1 heterocycles. The highest BCUT2D eigenvalue weighted by atomic mass is 16.1. The minimum Gasteiger partial charge on any atom is -0.397 e. The molecule has 0 radical (unpaired) electrons. The summed E-state index contributed by atoms with van der Waals surface area (Å²) >= 11 is 0. The average molecular weight is 244 g/mol. The molecule has 18 heavy (non-hydrogen) atoms. The van der Waals surface area contributed by atoms with Crippen molar-refractivity contribution in [2.45, 2.75) is 19.9 Å². The normalized spacial score (nSPS) is 10.3. The number of para-hydroxylation sites is 2.